The predicted octanol–water partition coefficient (Wildman–Crippen LogP) is 6.65. The van der Waals surface area contributed by atoms with Gasteiger partial charge in [0.15, 0.2) is 0 Å². The zero-order chi connectivity index (χ0) is 23.7. The van der Waals surface area contributed by atoms with E-state index in [-0.39, 0.29) is 6.10 Å². The molecule has 8 heteroatoms. The fourth-order valence-electron chi connectivity index (χ4n) is 3.81. The number of likely N-dealkylation sites (tertiary alicyclic amines) is 1. The number of alkyl halides is 3. The van der Waals surface area contributed by atoms with Gasteiger partial charge >= 0.3 is 6.18 Å². The van der Waals surface area contributed by atoms with Gasteiger partial charge in [-0.05, 0) is 55.8 Å². The molecule has 1 unspecified atom stereocenters. The first-order valence-corrected chi connectivity index (χ1v) is 12.7. The molecule has 1 aliphatic heterocycles. The zero-order valence-corrected chi connectivity index (χ0v) is 20.5. The number of benzene rings is 2. The Morgan fingerprint density at radius 2 is 1.73 bits per heavy atom. The fraction of sp³-hybridized carbons (Fsp3) is 0.480. The second kappa shape index (κ2) is 12.6. The van der Waals surface area contributed by atoms with Crippen molar-refractivity contribution in [3.05, 3.63) is 65.7 Å². The summed E-state index contributed by atoms with van der Waals surface area (Å²) in [6.07, 6.45) is -0.0759. The van der Waals surface area contributed by atoms with Gasteiger partial charge in [0.25, 0.3) is 0 Å². The lowest BCUT2D eigenvalue weighted by molar-refractivity contribution is -0.137. The average molecular weight is 497 g/mol. The van der Waals surface area contributed by atoms with E-state index >= 15 is 0 Å². The maximum atomic E-state index is 12.9. The Bertz CT molecular complexity index is 856. The van der Waals surface area contributed by atoms with Crippen LogP contribution in [-0.4, -0.2) is 53.1 Å². The van der Waals surface area contributed by atoms with Gasteiger partial charge in [-0.2, -0.15) is 13.2 Å². The quantitative estimate of drug-likeness (QED) is 0.360. The number of hydrogen-bond donors (Lipinski definition) is 0. The summed E-state index contributed by atoms with van der Waals surface area (Å²) in [5, 5.41) is 0. The van der Waals surface area contributed by atoms with Crippen LogP contribution in [0.2, 0.25) is 0 Å². The highest BCUT2D eigenvalue weighted by Gasteiger charge is 2.30. The van der Waals surface area contributed by atoms with Crippen LogP contribution >= 0.6 is 24.0 Å². The molecule has 180 valence electrons. The SMILES string of the molecule is CN(CCC(Oc1ccc(C(F)(F)F)cc1)c1ccccc1)C(=S)SCCN1CCCCC1. The number of ether oxygens (including phenoxy) is 1. The molecule has 0 radical (unpaired) electrons. The van der Waals surface area contributed by atoms with Crippen molar-refractivity contribution in [3.8, 4) is 5.75 Å². The maximum absolute atomic E-state index is 12.9. The number of rotatable bonds is 9. The van der Waals surface area contributed by atoms with Crippen LogP contribution in [0.3, 0.4) is 0 Å². The first-order chi connectivity index (χ1) is 15.8. The smallest absolute Gasteiger partial charge is 0.416 e. The van der Waals surface area contributed by atoms with Gasteiger partial charge < -0.3 is 14.5 Å². The van der Waals surface area contributed by atoms with Crippen molar-refractivity contribution in [2.75, 3.05) is 39.0 Å². The van der Waals surface area contributed by atoms with Crippen LogP contribution in [0.25, 0.3) is 0 Å². The monoisotopic (exact) mass is 496 g/mol. The molecule has 1 fully saturated rings. The fourth-order valence-corrected chi connectivity index (χ4v) is 4.98. The Hall–Kier alpha value is -1.77. The largest absolute Gasteiger partial charge is 0.486 e. The van der Waals surface area contributed by atoms with Crippen molar-refractivity contribution in [2.45, 2.75) is 38.0 Å². The highest BCUT2D eigenvalue weighted by Crippen LogP contribution is 2.32. The second-order valence-corrected chi connectivity index (χ2v) is 9.99. The topological polar surface area (TPSA) is 15.7 Å². The van der Waals surface area contributed by atoms with Gasteiger partial charge in [-0.15, -0.1) is 0 Å². The first kappa shape index (κ1) is 25.8. The van der Waals surface area contributed by atoms with E-state index in [9.17, 15) is 13.2 Å². The highest BCUT2D eigenvalue weighted by molar-refractivity contribution is 8.22. The van der Waals surface area contributed by atoms with Gasteiger partial charge in [-0.1, -0.05) is 60.7 Å². The van der Waals surface area contributed by atoms with Gasteiger partial charge in [0.2, 0.25) is 0 Å². The summed E-state index contributed by atoms with van der Waals surface area (Å²) in [4.78, 5) is 4.56. The molecule has 0 N–H and O–H groups in total. The van der Waals surface area contributed by atoms with Crippen molar-refractivity contribution < 1.29 is 17.9 Å². The molecule has 2 aromatic rings. The summed E-state index contributed by atoms with van der Waals surface area (Å²) < 4.78 is 45.6. The van der Waals surface area contributed by atoms with Crippen molar-refractivity contribution >= 4 is 28.3 Å². The molecule has 1 atom stereocenters. The van der Waals surface area contributed by atoms with Gasteiger partial charge in [-0.25, -0.2) is 0 Å². The van der Waals surface area contributed by atoms with Gasteiger partial charge in [-0.3, -0.25) is 0 Å². The van der Waals surface area contributed by atoms with E-state index < -0.39 is 11.7 Å². The lowest BCUT2D eigenvalue weighted by Gasteiger charge is -2.27. The lowest BCUT2D eigenvalue weighted by Crippen LogP contribution is -2.32. The van der Waals surface area contributed by atoms with Crippen LogP contribution in [0.4, 0.5) is 13.2 Å². The first-order valence-electron chi connectivity index (χ1n) is 11.3. The van der Waals surface area contributed by atoms with E-state index in [0.29, 0.717) is 18.7 Å². The molecule has 1 aliphatic rings. The van der Waals surface area contributed by atoms with Crippen LogP contribution in [-0.2, 0) is 6.18 Å². The standard InChI is InChI=1S/C25H31F3N2OS2/c1-29(24(32)33-19-18-30-15-6-3-7-16-30)17-14-23(20-8-4-2-5-9-20)31-22-12-10-21(11-13-22)25(26,27)28/h2,4-5,8-13,23H,3,6-7,14-19H2,1H3. The number of nitrogens with zero attached hydrogens (tertiary/aromatic N) is 2. The summed E-state index contributed by atoms with van der Waals surface area (Å²) in [6.45, 7) is 4.12. The highest BCUT2D eigenvalue weighted by atomic mass is 32.2. The van der Waals surface area contributed by atoms with Crippen LogP contribution in [0.1, 0.15) is 42.9 Å². The molecule has 3 rings (SSSR count). The molecule has 2 aromatic carbocycles. The minimum atomic E-state index is -4.36. The summed E-state index contributed by atoms with van der Waals surface area (Å²) in [6, 6.07) is 14.6. The maximum Gasteiger partial charge on any atom is 0.416 e. The lowest BCUT2D eigenvalue weighted by atomic mass is 10.1. The van der Waals surface area contributed by atoms with Crippen LogP contribution < -0.4 is 4.74 Å². The Kier molecular flexibility index (Phi) is 9.89. The van der Waals surface area contributed by atoms with Gasteiger partial charge in [0.1, 0.15) is 16.2 Å². The van der Waals surface area contributed by atoms with E-state index in [1.54, 1.807) is 11.8 Å². The van der Waals surface area contributed by atoms with E-state index in [2.05, 4.69) is 9.80 Å². The Morgan fingerprint density at radius 1 is 1.06 bits per heavy atom. The van der Waals surface area contributed by atoms with Crippen molar-refractivity contribution in [1.82, 2.24) is 9.80 Å². The molecule has 0 bridgehead atoms. The molecule has 1 saturated heterocycles. The molecule has 0 aliphatic carbocycles. The predicted molar refractivity (Wildman–Crippen MR) is 134 cm³/mol. The van der Waals surface area contributed by atoms with E-state index in [4.69, 9.17) is 17.0 Å². The van der Waals surface area contributed by atoms with E-state index in [0.717, 1.165) is 34.3 Å². The van der Waals surface area contributed by atoms with Crippen LogP contribution in [0, 0.1) is 0 Å². The van der Waals surface area contributed by atoms with E-state index in [1.807, 2.05) is 37.4 Å². The normalized spacial score (nSPS) is 15.8. The minimum absolute atomic E-state index is 0.286. The van der Waals surface area contributed by atoms with Crippen LogP contribution in [0.5, 0.6) is 5.75 Å². The molecule has 33 heavy (non-hydrogen) atoms. The molecular weight excluding hydrogens is 465 g/mol. The van der Waals surface area contributed by atoms with E-state index in [1.165, 1.54) is 44.5 Å². The zero-order valence-electron chi connectivity index (χ0n) is 18.9. The summed E-state index contributed by atoms with van der Waals surface area (Å²) >= 11 is 7.32. The third kappa shape index (κ3) is 8.50. The summed E-state index contributed by atoms with van der Waals surface area (Å²) in [7, 11) is 1.98. The van der Waals surface area contributed by atoms with Gasteiger partial charge in [0.05, 0.1) is 5.56 Å². The Morgan fingerprint density at radius 3 is 2.36 bits per heavy atom. The molecule has 0 aromatic heterocycles. The molecular formula is C25H31F3N2OS2. The summed E-state index contributed by atoms with van der Waals surface area (Å²) in [5.41, 5.74) is 0.298. The third-order valence-corrected chi connectivity index (χ3v) is 7.36. The molecule has 0 saturated carbocycles. The molecule has 0 spiro atoms. The molecule has 1 heterocycles. The number of halogens is 3. The second-order valence-electron chi connectivity index (χ2n) is 8.27. The minimum Gasteiger partial charge on any atom is -0.486 e. The Balaban J connectivity index is 1.53. The van der Waals surface area contributed by atoms with Crippen molar-refractivity contribution in [3.63, 3.8) is 0 Å². The number of thioether (sulfide) groups is 1. The van der Waals surface area contributed by atoms with Crippen molar-refractivity contribution in [1.29, 1.82) is 0 Å². The van der Waals surface area contributed by atoms with Crippen LogP contribution in [0.15, 0.2) is 54.6 Å². The molecule has 0 amide bonds. The number of hydrogen-bond acceptors (Lipinski definition) is 4. The average Bonchev–Trinajstić information content (AvgIpc) is 2.82. The molecule has 3 nitrogen and oxygen atoms in total. The number of piperidine rings is 1. The van der Waals surface area contributed by atoms with Gasteiger partial charge in [0, 0.05) is 32.3 Å². The summed E-state index contributed by atoms with van der Waals surface area (Å²) in [5.74, 6) is 1.39. The number of thiocarbonyl (C=S) groups is 1. The van der Waals surface area contributed by atoms with Crippen molar-refractivity contribution in [2.24, 2.45) is 0 Å². The Labute approximate surface area is 204 Å². The third-order valence-electron chi connectivity index (χ3n) is 5.75.